The van der Waals surface area contributed by atoms with E-state index in [0.717, 1.165) is 27.8 Å². The first-order chi connectivity index (χ1) is 16.8. The third-order valence-electron chi connectivity index (χ3n) is 6.92. The molecule has 3 aromatic rings. The number of fused-ring (bicyclic) bond motifs is 1. The third kappa shape index (κ3) is 4.61. The number of rotatable bonds is 5. The van der Waals surface area contributed by atoms with Crippen LogP contribution in [0, 0.1) is 0 Å². The predicted molar refractivity (Wildman–Crippen MR) is 135 cm³/mol. The number of urea groups is 1. The predicted octanol–water partition coefficient (Wildman–Crippen LogP) is 3.60. The van der Waals surface area contributed by atoms with Crippen molar-refractivity contribution in [1.29, 1.82) is 0 Å². The van der Waals surface area contributed by atoms with Gasteiger partial charge in [0.25, 0.3) is 5.91 Å². The lowest BCUT2D eigenvalue weighted by Gasteiger charge is -2.35. The second-order valence-corrected chi connectivity index (χ2v) is 9.73. The highest BCUT2D eigenvalue weighted by atomic mass is 35.5. The lowest BCUT2D eigenvalue weighted by molar-refractivity contribution is -0.139. The van der Waals surface area contributed by atoms with Crippen LogP contribution in [0.5, 0.6) is 0 Å². The molecule has 1 atom stereocenters. The van der Waals surface area contributed by atoms with E-state index in [1.807, 2.05) is 66.7 Å². The quantitative estimate of drug-likeness (QED) is 0.555. The Morgan fingerprint density at radius 2 is 1.69 bits per heavy atom. The summed E-state index contributed by atoms with van der Waals surface area (Å²) in [5.74, 6) is -0.635. The SMILES string of the molecule is CC1(c2ccc3ccccc3c2)NC(=O)N(CC(=O)N2CCN(Cc3cccc(Cl)c3)CC2)C1=O. The molecule has 0 radical (unpaired) electrons. The standard InChI is InChI=1S/C27H27ClN4O3/c1-27(22-10-9-20-6-2-3-7-21(20)16-22)25(34)32(26(35)29-27)18-24(33)31-13-11-30(12-14-31)17-19-5-4-8-23(28)15-19/h2-10,15-16H,11-14,17-18H2,1H3,(H,29,35). The minimum Gasteiger partial charge on any atom is -0.339 e. The molecule has 5 rings (SSSR count). The van der Waals surface area contributed by atoms with Gasteiger partial charge in [-0.3, -0.25) is 19.4 Å². The van der Waals surface area contributed by atoms with Gasteiger partial charge in [-0.1, -0.05) is 60.1 Å². The van der Waals surface area contributed by atoms with Gasteiger partial charge in [0.1, 0.15) is 12.1 Å². The number of nitrogens with zero attached hydrogens (tertiary/aromatic N) is 3. The van der Waals surface area contributed by atoms with E-state index in [9.17, 15) is 14.4 Å². The number of amides is 4. The summed E-state index contributed by atoms with van der Waals surface area (Å²) in [6, 6.07) is 20.8. The van der Waals surface area contributed by atoms with Crippen molar-refractivity contribution in [3.8, 4) is 0 Å². The molecule has 1 N–H and O–H groups in total. The van der Waals surface area contributed by atoms with Gasteiger partial charge in [-0.2, -0.15) is 0 Å². The lowest BCUT2D eigenvalue weighted by atomic mass is 9.90. The molecule has 7 nitrogen and oxygen atoms in total. The zero-order valence-corrected chi connectivity index (χ0v) is 20.3. The summed E-state index contributed by atoms with van der Waals surface area (Å²) in [6.07, 6.45) is 0. The van der Waals surface area contributed by atoms with Crippen LogP contribution in [-0.4, -0.2) is 65.3 Å². The average Bonchev–Trinajstić information content (AvgIpc) is 3.08. The van der Waals surface area contributed by atoms with Crippen LogP contribution in [0.1, 0.15) is 18.1 Å². The molecule has 2 aliphatic heterocycles. The van der Waals surface area contributed by atoms with Gasteiger partial charge in [0.2, 0.25) is 5.91 Å². The molecule has 1 unspecified atom stereocenters. The van der Waals surface area contributed by atoms with Crippen molar-refractivity contribution in [2.24, 2.45) is 0 Å². The number of hydrogen-bond acceptors (Lipinski definition) is 4. The number of halogens is 1. The van der Waals surface area contributed by atoms with E-state index in [-0.39, 0.29) is 12.5 Å². The van der Waals surface area contributed by atoms with Gasteiger partial charge in [-0.05, 0) is 47.0 Å². The largest absolute Gasteiger partial charge is 0.339 e. The fourth-order valence-corrected chi connectivity index (χ4v) is 5.03. The van der Waals surface area contributed by atoms with Gasteiger partial charge in [-0.25, -0.2) is 4.79 Å². The Morgan fingerprint density at radius 3 is 2.43 bits per heavy atom. The normalized spacial score (nSPS) is 21.0. The molecule has 2 saturated heterocycles. The highest BCUT2D eigenvalue weighted by Crippen LogP contribution is 2.31. The highest BCUT2D eigenvalue weighted by Gasteiger charge is 2.49. The molecular weight excluding hydrogens is 464 g/mol. The molecule has 0 aliphatic carbocycles. The maximum Gasteiger partial charge on any atom is 0.325 e. The summed E-state index contributed by atoms with van der Waals surface area (Å²) in [5, 5.41) is 5.55. The molecule has 0 aromatic heterocycles. The number of nitrogens with one attached hydrogen (secondary N) is 1. The molecule has 0 spiro atoms. The van der Waals surface area contributed by atoms with Crippen molar-refractivity contribution in [3.05, 3.63) is 82.9 Å². The fourth-order valence-electron chi connectivity index (χ4n) is 4.82. The molecule has 3 aromatic carbocycles. The van der Waals surface area contributed by atoms with Gasteiger partial charge < -0.3 is 10.2 Å². The number of carbonyl (C=O) groups is 3. The van der Waals surface area contributed by atoms with Crippen LogP contribution >= 0.6 is 11.6 Å². The fraction of sp³-hybridized carbons (Fsp3) is 0.296. The van der Waals surface area contributed by atoms with Crippen LogP contribution in [0.25, 0.3) is 10.8 Å². The van der Waals surface area contributed by atoms with Crippen molar-refractivity contribution >= 4 is 40.2 Å². The van der Waals surface area contributed by atoms with Crippen molar-refractivity contribution in [2.75, 3.05) is 32.7 Å². The second-order valence-electron chi connectivity index (χ2n) is 9.30. The molecule has 2 heterocycles. The number of piperazine rings is 1. The summed E-state index contributed by atoms with van der Waals surface area (Å²) >= 11 is 6.08. The third-order valence-corrected chi connectivity index (χ3v) is 7.15. The summed E-state index contributed by atoms with van der Waals surface area (Å²) in [6.45, 7) is 4.72. The van der Waals surface area contributed by atoms with E-state index in [0.29, 0.717) is 36.8 Å². The molecule has 0 bridgehead atoms. The van der Waals surface area contributed by atoms with Gasteiger partial charge in [0.15, 0.2) is 0 Å². The lowest BCUT2D eigenvalue weighted by Crippen LogP contribution is -2.51. The molecule has 8 heteroatoms. The van der Waals surface area contributed by atoms with Gasteiger partial charge in [-0.15, -0.1) is 0 Å². The summed E-state index contributed by atoms with van der Waals surface area (Å²) in [4.78, 5) is 44.1. The van der Waals surface area contributed by atoms with E-state index in [1.165, 1.54) is 0 Å². The topological polar surface area (TPSA) is 73.0 Å². The van der Waals surface area contributed by atoms with E-state index in [2.05, 4.69) is 10.2 Å². The Hall–Kier alpha value is -3.42. The van der Waals surface area contributed by atoms with Gasteiger partial charge >= 0.3 is 6.03 Å². The highest BCUT2D eigenvalue weighted by molar-refractivity contribution is 6.30. The molecule has 2 aliphatic rings. The molecule has 35 heavy (non-hydrogen) atoms. The Bertz CT molecular complexity index is 1300. The number of imide groups is 1. The first-order valence-electron chi connectivity index (χ1n) is 11.7. The second kappa shape index (κ2) is 9.32. The van der Waals surface area contributed by atoms with Crippen molar-refractivity contribution in [1.82, 2.24) is 20.0 Å². The van der Waals surface area contributed by atoms with Crippen molar-refractivity contribution in [2.45, 2.75) is 19.0 Å². The maximum absolute atomic E-state index is 13.3. The molecule has 180 valence electrons. The molecule has 2 fully saturated rings. The van der Waals surface area contributed by atoms with E-state index < -0.39 is 17.5 Å². The Labute approximate surface area is 209 Å². The number of hydrogen-bond donors (Lipinski definition) is 1. The number of benzene rings is 3. The molecular formula is C27H27ClN4O3. The van der Waals surface area contributed by atoms with Crippen LogP contribution < -0.4 is 5.32 Å². The van der Waals surface area contributed by atoms with Crippen molar-refractivity contribution < 1.29 is 14.4 Å². The molecule has 4 amide bonds. The van der Waals surface area contributed by atoms with E-state index in [1.54, 1.807) is 11.8 Å². The van der Waals surface area contributed by atoms with Crippen LogP contribution in [0.15, 0.2) is 66.7 Å². The first-order valence-corrected chi connectivity index (χ1v) is 12.1. The zero-order chi connectivity index (χ0) is 24.6. The minimum atomic E-state index is -1.21. The average molecular weight is 491 g/mol. The van der Waals surface area contributed by atoms with Crippen molar-refractivity contribution in [3.63, 3.8) is 0 Å². The smallest absolute Gasteiger partial charge is 0.325 e. The van der Waals surface area contributed by atoms with Crippen LogP contribution in [-0.2, 0) is 21.7 Å². The first kappa shape index (κ1) is 23.3. The van der Waals surface area contributed by atoms with E-state index in [4.69, 9.17) is 11.6 Å². The van der Waals surface area contributed by atoms with Crippen LogP contribution in [0.2, 0.25) is 5.02 Å². The summed E-state index contributed by atoms with van der Waals surface area (Å²) < 4.78 is 0. The van der Waals surface area contributed by atoms with Gasteiger partial charge in [0.05, 0.1) is 0 Å². The Morgan fingerprint density at radius 1 is 0.943 bits per heavy atom. The maximum atomic E-state index is 13.3. The Balaban J connectivity index is 1.22. The van der Waals surface area contributed by atoms with Crippen LogP contribution in [0.3, 0.4) is 0 Å². The number of carbonyl (C=O) groups excluding carboxylic acids is 3. The van der Waals surface area contributed by atoms with Gasteiger partial charge in [0, 0.05) is 37.7 Å². The minimum absolute atomic E-state index is 0.223. The Kier molecular flexibility index (Phi) is 6.21. The molecule has 0 saturated carbocycles. The monoisotopic (exact) mass is 490 g/mol. The van der Waals surface area contributed by atoms with Crippen LogP contribution in [0.4, 0.5) is 4.79 Å². The van der Waals surface area contributed by atoms with E-state index >= 15 is 0 Å². The summed E-state index contributed by atoms with van der Waals surface area (Å²) in [5.41, 5.74) is 0.612. The summed E-state index contributed by atoms with van der Waals surface area (Å²) in [7, 11) is 0. The zero-order valence-electron chi connectivity index (χ0n) is 19.5.